The highest BCUT2D eigenvalue weighted by atomic mass is 35.5. The van der Waals surface area contributed by atoms with Crippen LogP contribution in [0.4, 0.5) is 10.1 Å². The van der Waals surface area contributed by atoms with Crippen molar-refractivity contribution in [1.29, 1.82) is 0 Å². The van der Waals surface area contributed by atoms with E-state index in [4.69, 9.17) is 11.6 Å². The highest BCUT2D eigenvalue weighted by Gasteiger charge is 2.30. The molecule has 0 aliphatic rings. The topological polar surface area (TPSA) is 37.4 Å². The third-order valence-corrected chi connectivity index (χ3v) is 6.56. The number of anilines is 1. The number of hydrogen-bond acceptors (Lipinski definition) is 2. The van der Waals surface area contributed by atoms with Crippen molar-refractivity contribution in [3.05, 3.63) is 94.8 Å². The van der Waals surface area contributed by atoms with Gasteiger partial charge in [-0.15, -0.1) is 0 Å². The minimum absolute atomic E-state index is 0.0877. The van der Waals surface area contributed by atoms with Gasteiger partial charge in [0.1, 0.15) is 5.82 Å². The molecule has 3 nitrogen and oxygen atoms in total. The summed E-state index contributed by atoms with van der Waals surface area (Å²) in [5.74, 6) is -0.553. The Morgan fingerprint density at radius 3 is 2.19 bits per heavy atom. The molecule has 0 fully saturated rings. The van der Waals surface area contributed by atoms with Crippen molar-refractivity contribution >= 4 is 27.3 Å². The van der Waals surface area contributed by atoms with E-state index in [1.165, 1.54) is 16.4 Å². The second kappa shape index (κ2) is 7.71. The molecule has 1 unspecified atom stereocenters. The lowest BCUT2D eigenvalue weighted by atomic mass is 10.1. The molecule has 3 aromatic rings. The van der Waals surface area contributed by atoms with Gasteiger partial charge < -0.3 is 0 Å². The van der Waals surface area contributed by atoms with Gasteiger partial charge in [-0.1, -0.05) is 48.0 Å². The molecule has 0 N–H and O–H groups in total. The average molecular weight is 404 g/mol. The van der Waals surface area contributed by atoms with E-state index >= 15 is 0 Å². The summed E-state index contributed by atoms with van der Waals surface area (Å²) in [6.45, 7) is 3.38. The number of halogens is 2. The maximum absolute atomic E-state index is 14.0. The van der Waals surface area contributed by atoms with Gasteiger partial charge in [0.05, 0.1) is 16.6 Å². The number of para-hydroxylation sites is 1. The Hall–Kier alpha value is -2.37. The van der Waals surface area contributed by atoms with E-state index in [0.29, 0.717) is 16.3 Å². The molecule has 0 saturated carbocycles. The van der Waals surface area contributed by atoms with E-state index in [-0.39, 0.29) is 4.90 Å². The first kappa shape index (κ1) is 19.4. The first-order valence-electron chi connectivity index (χ1n) is 8.42. The van der Waals surface area contributed by atoms with Crippen molar-refractivity contribution in [1.82, 2.24) is 0 Å². The summed E-state index contributed by atoms with van der Waals surface area (Å²) in [7, 11) is -3.99. The van der Waals surface area contributed by atoms with Gasteiger partial charge in [0.2, 0.25) is 0 Å². The third-order valence-electron chi connectivity index (χ3n) is 4.41. The molecule has 0 aliphatic carbocycles. The molecule has 0 aromatic heterocycles. The van der Waals surface area contributed by atoms with E-state index < -0.39 is 21.9 Å². The van der Waals surface area contributed by atoms with E-state index in [2.05, 4.69) is 0 Å². The first-order valence-corrected chi connectivity index (χ1v) is 10.2. The molecule has 0 saturated heterocycles. The van der Waals surface area contributed by atoms with Crippen LogP contribution in [0.2, 0.25) is 5.02 Å². The smallest absolute Gasteiger partial charge is 0.259 e. The highest BCUT2D eigenvalue weighted by molar-refractivity contribution is 7.92. The van der Waals surface area contributed by atoms with Gasteiger partial charge in [-0.25, -0.2) is 12.8 Å². The minimum atomic E-state index is -3.99. The SMILES string of the molecule is Cc1ccc(S(=O)(=O)N(c2ccccc2)C(C)c2ccc(Cl)cc2)cc1F. The molecule has 0 aliphatic heterocycles. The van der Waals surface area contributed by atoms with Crippen LogP contribution in [-0.2, 0) is 10.0 Å². The van der Waals surface area contributed by atoms with E-state index in [0.717, 1.165) is 11.6 Å². The average Bonchev–Trinajstić information content (AvgIpc) is 2.65. The molecule has 0 bridgehead atoms. The van der Waals surface area contributed by atoms with Crippen LogP contribution < -0.4 is 4.31 Å². The zero-order valence-corrected chi connectivity index (χ0v) is 16.5. The van der Waals surface area contributed by atoms with E-state index in [1.54, 1.807) is 62.4 Å². The number of rotatable bonds is 5. The largest absolute Gasteiger partial charge is 0.264 e. The maximum atomic E-state index is 14.0. The van der Waals surface area contributed by atoms with Crippen molar-refractivity contribution in [2.24, 2.45) is 0 Å². The Morgan fingerprint density at radius 2 is 1.59 bits per heavy atom. The Balaban J connectivity index is 2.14. The molecular weight excluding hydrogens is 385 g/mol. The fraction of sp³-hybridized carbons (Fsp3) is 0.143. The summed E-state index contributed by atoms with van der Waals surface area (Å²) in [6, 6.07) is 19.2. The lowest BCUT2D eigenvalue weighted by Crippen LogP contribution is -2.33. The summed E-state index contributed by atoms with van der Waals surface area (Å²) < 4.78 is 42.2. The van der Waals surface area contributed by atoms with Crippen LogP contribution >= 0.6 is 11.6 Å². The summed E-state index contributed by atoms with van der Waals surface area (Å²) in [5, 5.41) is 0.570. The predicted molar refractivity (Wildman–Crippen MR) is 107 cm³/mol. The summed E-state index contributed by atoms with van der Waals surface area (Å²) in [4.78, 5) is -0.0877. The second-order valence-corrected chi connectivity index (χ2v) is 8.53. The summed E-state index contributed by atoms with van der Waals surface area (Å²) >= 11 is 5.96. The van der Waals surface area contributed by atoms with Crippen LogP contribution in [0, 0.1) is 12.7 Å². The van der Waals surface area contributed by atoms with Crippen LogP contribution in [0.1, 0.15) is 24.1 Å². The zero-order valence-electron chi connectivity index (χ0n) is 14.9. The first-order chi connectivity index (χ1) is 12.8. The fourth-order valence-electron chi connectivity index (χ4n) is 2.87. The Bertz CT molecular complexity index is 1040. The zero-order chi connectivity index (χ0) is 19.6. The van der Waals surface area contributed by atoms with Crippen LogP contribution in [0.3, 0.4) is 0 Å². The monoisotopic (exact) mass is 403 g/mol. The van der Waals surface area contributed by atoms with Gasteiger partial charge in [-0.05, 0) is 61.4 Å². The molecule has 27 heavy (non-hydrogen) atoms. The number of aryl methyl sites for hydroxylation is 1. The Kier molecular flexibility index (Phi) is 5.53. The molecule has 0 radical (unpaired) electrons. The third kappa shape index (κ3) is 3.99. The molecule has 1 atom stereocenters. The van der Waals surface area contributed by atoms with Crippen LogP contribution in [-0.4, -0.2) is 8.42 Å². The van der Waals surface area contributed by atoms with Gasteiger partial charge in [0.15, 0.2) is 0 Å². The number of benzene rings is 3. The second-order valence-electron chi connectivity index (χ2n) is 6.27. The van der Waals surface area contributed by atoms with Crippen molar-refractivity contribution in [3.63, 3.8) is 0 Å². The van der Waals surface area contributed by atoms with Crippen LogP contribution in [0.25, 0.3) is 0 Å². The van der Waals surface area contributed by atoms with Crippen LogP contribution in [0.5, 0.6) is 0 Å². The maximum Gasteiger partial charge on any atom is 0.264 e. The Morgan fingerprint density at radius 1 is 0.963 bits per heavy atom. The van der Waals surface area contributed by atoms with Crippen molar-refractivity contribution in [2.45, 2.75) is 24.8 Å². The van der Waals surface area contributed by atoms with E-state index in [1.807, 2.05) is 6.07 Å². The van der Waals surface area contributed by atoms with Crippen molar-refractivity contribution in [3.8, 4) is 0 Å². The number of nitrogens with zero attached hydrogens (tertiary/aromatic N) is 1. The molecule has 3 rings (SSSR count). The number of hydrogen-bond donors (Lipinski definition) is 0. The molecular formula is C21H19ClFNO2S. The van der Waals surface area contributed by atoms with Gasteiger partial charge in [-0.2, -0.15) is 0 Å². The molecule has 0 spiro atoms. The van der Waals surface area contributed by atoms with Gasteiger partial charge >= 0.3 is 0 Å². The van der Waals surface area contributed by atoms with Gasteiger partial charge in [0.25, 0.3) is 10.0 Å². The minimum Gasteiger partial charge on any atom is -0.259 e. The molecule has 0 amide bonds. The summed E-state index contributed by atoms with van der Waals surface area (Å²) in [6.07, 6.45) is 0. The molecule has 0 heterocycles. The van der Waals surface area contributed by atoms with Gasteiger partial charge in [-0.3, -0.25) is 4.31 Å². The van der Waals surface area contributed by atoms with E-state index in [9.17, 15) is 12.8 Å². The van der Waals surface area contributed by atoms with Crippen molar-refractivity contribution < 1.29 is 12.8 Å². The normalized spacial score (nSPS) is 12.6. The van der Waals surface area contributed by atoms with Crippen LogP contribution in [0.15, 0.2) is 77.7 Å². The fourth-order valence-corrected chi connectivity index (χ4v) is 4.65. The molecule has 6 heteroatoms. The quantitative estimate of drug-likeness (QED) is 0.544. The number of sulfonamides is 1. The summed E-state index contributed by atoms with van der Waals surface area (Å²) in [5.41, 5.74) is 1.67. The molecule has 140 valence electrons. The lowest BCUT2D eigenvalue weighted by molar-refractivity contribution is 0.578. The highest BCUT2D eigenvalue weighted by Crippen LogP contribution is 2.33. The lowest BCUT2D eigenvalue weighted by Gasteiger charge is -2.31. The Labute approximate surface area is 164 Å². The standard InChI is InChI=1S/C21H19ClFNO2S/c1-15-8-13-20(14-21(15)23)27(25,26)24(19-6-4-3-5-7-19)16(2)17-9-11-18(22)12-10-17/h3-14,16H,1-2H3. The van der Waals surface area contributed by atoms with Crippen molar-refractivity contribution in [2.75, 3.05) is 4.31 Å². The molecule has 3 aromatic carbocycles. The van der Waals surface area contributed by atoms with Gasteiger partial charge in [0, 0.05) is 5.02 Å². The predicted octanol–water partition coefficient (Wildman–Crippen LogP) is 5.74.